The van der Waals surface area contributed by atoms with E-state index in [2.05, 4.69) is 21.5 Å². The van der Waals surface area contributed by atoms with Crippen molar-refractivity contribution < 1.29 is 4.39 Å². The molecule has 1 aromatic rings. The standard InChI is InChI=1S/C10H16FN3S/c1-3-8-9(11)10(14-7-13-8)12-5-4-6-15-2/h7H,3-6H2,1-2H3,(H,12,13,14). The number of halogens is 1. The lowest BCUT2D eigenvalue weighted by Gasteiger charge is -2.07. The number of aryl methyl sites for hydroxylation is 1. The highest BCUT2D eigenvalue weighted by molar-refractivity contribution is 7.98. The van der Waals surface area contributed by atoms with E-state index in [0.29, 0.717) is 17.9 Å². The topological polar surface area (TPSA) is 37.8 Å². The van der Waals surface area contributed by atoms with Crippen LogP contribution in [0.3, 0.4) is 0 Å². The molecule has 0 saturated carbocycles. The minimum absolute atomic E-state index is 0.316. The molecule has 3 nitrogen and oxygen atoms in total. The largest absolute Gasteiger partial charge is 0.368 e. The Morgan fingerprint density at radius 2 is 2.27 bits per heavy atom. The zero-order chi connectivity index (χ0) is 11.1. The third-order valence-corrected chi connectivity index (χ3v) is 2.71. The monoisotopic (exact) mass is 229 g/mol. The molecule has 84 valence electrons. The third kappa shape index (κ3) is 3.66. The maximum Gasteiger partial charge on any atom is 0.186 e. The maximum absolute atomic E-state index is 13.6. The predicted octanol–water partition coefficient (Wildman–Crippen LogP) is 2.34. The number of hydrogen-bond donors (Lipinski definition) is 1. The first-order valence-electron chi connectivity index (χ1n) is 5.01. The van der Waals surface area contributed by atoms with Crippen LogP contribution < -0.4 is 5.32 Å². The molecule has 5 heteroatoms. The highest BCUT2D eigenvalue weighted by Gasteiger charge is 2.08. The maximum atomic E-state index is 13.6. The summed E-state index contributed by atoms with van der Waals surface area (Å²) in [6.07, 6.45) is 5.05. The van der Waals surface area contributed by atoms with Crippen LogP contribution in [0.15, 0.2) is 6.33 Å². The van der Waals surface area contributed by atoms with Crippen LogP contribution in [0.5, 0.6) is 0 Å². The normalized spacial score (nSPS) is 10.3. The van der Waals surface area contributed by atoms with Crippen LogP contribution in [0, 0.1) is 5.82 Å². The Balaban J connectivity index is 2.53. The quantitative estimate of drug-likeness (QED) is 0.760. The van der Waals surface area contributed by atoms with Crippen LogP contribution in [0.1, 0.15) is 19.0 Å². The molecule has 0 bridgehead atoms. The Morgan fingerprint density at radius 1 is 1.47 bits per heavy atom. The molecular weight excluding hydrogens is 213 g/mol. The van der Waals surface area contributed by atoms with Crippen molar-refractivity contribution in [3.8, 4) is 0 Å². The smallest absolute Gasteiger partial charge is 0.186 e. The fraction of sp³-hybridized carbons (Fsp3) is 0.600. The summed E-state index contributed by atoms with van der Waals surface area (Å²) in [6.45, 7) is 2.63. The van der Waals surface area contributed by atoms with Gasteiger partial charge in [0.15, 0.2) is 11.6 Å². The van der Waals surface area contributed by atoms with Gasteiger partial charge in [-0.25, -0.2) is 14.4 Å². The van der Waals surface area contributed by atoms with E-state index in [1.165, 1.54) is 6.33 Å². The van der Waals surface area contributed by atoms with E-state index in [0.717, 1.165) is 18.7 Å². The number of anilines is 1. The van der Waals surface area contributed by atoms with Gasteiger partial charge in [-0.2, -0.15) is 11.8 Å². The summed E-state index contributed by atoms with van der Waals surface area (Å²) in [5.74, 6) is 1.08. The van der Waals surface area contributed by atoms with Gasteiger partial charge in [-0.1, -0.05) is 6.92 Å². The van der Waals surface area contributed by atoms with Crippen LogP contribution >= 0.6 is 11.8 Å². The second-order valence-electron chi connectivity index (χ2n) is 3.11. The summed E-state index contributed by atoms with van der Waals surface area (Å²) in [7, 11) is 0. The van der Waals surface area contributed by atoms with Crippen molar-refractivity contribution in [3.05, 3.63) is 17.8 Å². The fourth-order valence-corrected chi connectivity index (χ4v) is 1.63. The Labute approximate surface area is 93.9 Å². The average Bonchev–Trinajstić information content (AvgIpc) is 2.26. The summed E-state index contributed by atoms with van der Waals surface area (Å²) >= 11 is 1.78. The molecule has 1 N–H and O–H groups in total. The Morgan fingerprint density at radius 3 is 2.93 bits per heavy atom. The van der Waals surface area contributed by atoms with Crippen LogP contribution in [-0.4, -0.2) is 28.5 Å². The molecule has 0 aliphatic rings. The fourth-order valence-electron chi connectivity index (χ4n) is 1.20. The number of nitrogens with zero attached hydrogens (tertiary/aromatic N) is 2. The predicted molar refractivity (Wildman–Crippen MR) is 62.9 cm³/mol. The van der Waals surface area contributed by atoms with Crippen molar-refractivity contribution in [3.63, 3.8) is 0 Å². The van der Waals surface area contributed by atoms with Gasteiger partial charge in [-0.05, 0) is 24.9 Å². The van der Waals surface area contributed by atoms with E-state index in [1.807, 2.05) is 6.92 Å². The molecule has 1 rings (SSSR count). The molecule has 0 unspecified atom stereocenters. The summed E-state index contributed by atoms with van der Waals surface area (Å²) in [6, 6.07) is 0. The van der Waals surface area contributed by atoms with Crippen molar-refractivity contribution in [2.75, 3.05) is 23.9 Å². The van der Waals surface area contributed by atoms with Crippen molar-refractivity contribution in [1.82, 2.24) is 9.97 Å². The lowest BCUT2D eigenvalue weighted by molar-refractivity contribution is 0.596. The third-order valence-electron chi connectivity index (χ3n) is 2.01. The SMILES string of the molecule is CCc1ncnc(NCCCSC)c1F. The number of hydrogen-bond acceptors (Lipinski definition) is 4. The number of aromatic nitrogens is 2. The zero-order valence-corrected chi connectivity index (χ0v) is 9.90. The molecule has 0 aliphatic heterocycles. The van der Waals surface area contributed by atoms with Crippen LogP contribution in [0.25, 0.3) is 0 Å². The molecule has 0 fully saturated rings. The van der Waals surface area contributed by atoms with E-state index in [4.69, 9.17) is 0 Å². The van der Waals surface area contributed by atoms with Crippen molar-refractivity contribution in [2.24, 2.45) is 0 Å². The van der Waals surface area contributed by atoms with Gasteiger partial charge in [-0.15, -0.1) is 0 Å². The van der Waals surface area contributed by atoms with E-state index in [-0.39, 0.29) is 5.82 Å². The first-order chi connectivity index (χ1) is 7.29. The molecule has 1 heterocycles. The minimum Gasteiger partial charge on any atom is -0.368 e. The molecule has 0 radical (unpaired) electrons. The Bertz CT molecular complexity index is 307. The van der Waals surface area contributed by atoms with Crippen molar-refractivity contribution >= 4 is 17.6 Å². The van der Waals surface area contributed by atoms with Crippen LogP contribution in [0.4, 0.5) is 10.2 Å². The summed E-state index contributed by atoms with van der Waals surface area (Å²) in [4.78, 5) is 7.75. The number of rotatable bonds is 6. The van der Waals surface area contributed by atoms with Gasteiger partial charge in [0.05, 0.1) is 5.69 Å². The lowest BCUT2D eigenvalue weighted by Crippen LogP contribution is -2.08. The molecule has 0 amide bonds. The van der Waals surface area contributed by atoms with Gasteiger partial charge in [0, 0.05) is 6.54 Å². The second-order valence-corrected chi connectivity index (χ2v) is 4.10. The summed E-state index contributed by atoms with van der Waals surface area (Å²) in [5, 5.41) is 2.98. The Kier molecular flexibility index (Phi) is 5.39. The summed E-state index contributed by atoms with van der Waals surface area (Å²) in [5.41, 5.74) is 0.470. The van der Waals surface area contributed by atoms with Gasteiger partial charge in [-0.3, -0.25) is 0 Å². The molecule has 15 heavy (non-hydrogen) atoms. The summed E-state index contributed by atoms with van der Waals surface area (Å²) < 4.78 is 13.6. The van der Waals surface area contributed by atoms with Crippen molar-refractivity contribution in [2.45, 2.75) is 19.8 Å². The van der Waals surface area contributed by atoms with Gasteiger partial charge in [0.1, 0.15) is 6.33 Å². The second kappa shape index (κ2) is 6.61. The average molecular weight is 229 g/mol. The lowest BCUT2D eigenvalue weighted by atomic mass is 10.3. The Hall–Kier alpha value is -0.840. The number of thioether (sulfide) groups is 1. The number of nitrogens with one attached hydrogen (secondary N) is 1. The van der Waals surface area contributed by atoms with Crippen LogP contribution in [-0.2, 0) is 6.42 Å². The molecule has 0 spiro atoms. The molecule has 1 aromatic heterocycles. The molecular formula is C10H16FN3S. The highest BCUT2D eigenvalue weighted by Crippen LogP contribution is 2.13. The first-order valence-corrected chi connectivity index (χ1v) is 6.41. The molecule has 0 atom stereocenters. The van der Waals surface area contributed by atoms with Gasteiger partial charge in [0.25, 0.3) is 0 Å². The highest BCUT2D eigenvalue weighted by atomic mass is 32.2. The minimum atomic E-state index is -0.316. The van der Waals surface area contributed by atoms with Gasteiger partial charge < -0.3 is 5.32 Å². The molecule has 0 saturated heterocycles. The van der Waals surface area contributed by atoms with E-state index in [1.54, 1.807) is 11.8 Å². The van der Waals surface area contributed by atoms with Crippen molar-refractivity contribution in [1.29, 1.82) is 0 Å². The van der Waals surface area contributed by atoms with E-state index in [9.17, 15) is 4.39 Å². The molecule has 0 aromatic carbocycles. The first kappa shape index (κ1) is 12.2. The van der Waals surface area contributed by atoms with Gasteiger partial charge >= 0.3 is 0 Å². The van der Waals surface area contributed by atoms with E-state index < -0.39 is 0 Å². The van der Waals surface area contributed by atoms with Crippen LogP contribution in [0.2, 0.25) is 0 Å². The molecule has 0 aliphatic carbocycles. The zero-order valence-electron chi connectivity index (χ0n) is 9.09. The van der Waals surface area contributed by atoms with Gasteiger partial charge in [0.2, 0.25) is 0 Å². The van der Waals surface area contributed by atoms with E-state index >= 15 is 0 Å².